The second-order valence-corrected chi connectivity index (χ2v) is 11.5. The van der Waals surface area contributed by atoms with E-state index in [1.807, 2.05) is 12.1 Å². The van der Waals surface area contributed by atoms with Gasteiger partial charge in [-0.1, -0.05) is 43.4 Å². The zero-order chi connectivity index (χ0) is 26.0. The molecule has 37 heavy (non-hydrogen) atoms. The van der Waals surface area contributed by atoms with Crippen LogP contribution in [-0.4, -0.2) is 23.5 Å². The monoisotopic (exact) mass is 521 g/mol. The van der Waals surface area contributed by atoms with Crippen LogP contribution in [-0.2, 0) is 16.4 Å². The van der Waals surface area contributed by atoms with E-state index in [1.54, 1.807) is 24.3 Å². The minimum atomic E-state index is -3.88. The number of aryl methyl sites for hydroxylation is 1. The number of hydrogen-bond acceptors (Lipinski definition) is 6. The molecule has 2 atom stereocenters. The SMILES string of the molecule is CCC1(CCc2cc(O)c(C(c3cccc(NS(=O)(=O)c4ncc[nH]4)c3)C3CC3)c(=O)o2)C=CC=CC1. The van der Waals surface area contributed by atoms with Crippen molar-refractivity contribution in [3.63, 3.8) is 0 Å². The number of aromatic nitrogens is 2. The molecule has 1 fully saturated rings. The molecule has 0 radical (unpaired) electrons. The van der Waals surface area contributed by atoms with Crippen molar-refractivity contribution in [1.29, 1.82) is 0 Å². The third-order valence-electron chi connectivity index (χ3n) is 7.44. The van der Waals surface area contributed by atoms with E-state index in [1.165, 1.54) is 12.4 Å². The van der Waals surface area contributed by atoms with Gasteiger partial charge in [0.1, 0.15) is 11.5 Å². The maximum atomic E-state index is 13.2. The quantitative estimate of drug-likeness (QED) is 0.334. The zero-order valence-electron chi connectivity index (χ0n) is 20.7. The Morgan fingerprint density at radius 2 is 2.11 bits per heavy atom. The number of benzene rings is 1. The van der Waals surface area contributed by atoms with Gasteiger partial charge in [0.25, 0.3) is 10.0 Å². The van der Waals surface area contributed by atoms with Crippen LogP contribution in [0.3, 0.4) is 0 Å². The van der Waals surface area contributed by atoms with Gasteiger partial charge in [0.2, 0.25) is 5.16 Å². The van der Waals surface area contributed by atoms with Crippen LogP contribution >= 0.6 is 0 Å². The number of imidazole rings is 1. The third kappa shape index (κ3) is 5.41. The molecule has 2 unspecified atom stereocenters. The van der Waals surface area contributed by atoms with Gasteiger partial charge in [0.05, 0.1) is 5.56 Å². The number of hydrogen-bond donors (Lipinski definition) is 3. The lowest BCUT2D eigenvalue weighted by Gasteiger charge is -2.30. The lowest BCUT2D eigenvalue weighted by atomic mass is 9.75. The summed E-state index contributed by atoms with van der Waals surface area (Å²) >= 11 is 0. The summed E-state index contributed by atoms with van der Waals surface area (Å²) in [7, 11) is -3.88. The fourth-order valence-electron chi connectivity index (χ4n) is 5.15. The maximum absolute atomic E-state index is 13.2. The van der Waals surface area contributed by atoms with E-state index in [-0.39, 0.29) is 27.8 Å². The summed E-state index contributed by atoms with van der Waals surface area (Å²) in [5.41, 5.74) is 0.795. The summed E-state index contributed by atoms with van der Waals surface area (Å²) in [5, 5.41) is 10.8. The third-order valence-corrected chi connectivity index (χ3v) is 8.68. The molecule has 3 aromatic rings. The molecule has 2 aromatic heterocycles. The number of aromatic hydroxyl groups is 1. The first-order valence-electron chi connectivity index (χ1n) is 12.6. The van der Waals surface area contributed by atoms with E-state index >= 15 is 0 Å². The largest absolute Gasteiger partial charge is 0.507 e. The summed E-state index contributed by atoms with van der Waals surface area (Å²) in [6.45, 7) is 2.16. The fraction of sp³-hybridized carbons (Fsp3) is 0.357. The number of allylic oxidation sites excluding steroid dienone is 4. The fourth-order valence-corrected chi connectivity index (χ4v) is 6.11. The van der Waals surface area contributed by atoms with Gasteiger partial charge < -0.3 is 14.5 Å². The minimum absolute atomic E-state index is 0.0293. The van der Waals surface area contributed by atoms with Gasteiger partial charge >= 0.3 is 5.63 Å². The minimum Gasteiger partial charge on any atom is -0.507 e. The van der Waals surface area contributed by atoms with Gasteiger partial charge in [-0.2, -0.15) is 8.42 Å². The standard InChI is InChI=1S/C28H31N3O5S/c1-2-28(12-4-3-5-13-28)14-11-22-18-23(32)25(26(33)36-22)24(19-9-10-19)20-7-6-8-21(17-20)31-37(34,35)27-29-15-16-30-27/h3-8,12,15-19,24,31-32H,2,9-11,13-14H2,1H3,(H,29,30). The number of aromatic amines is 1. The Kier molecular flexibility index (Phi) is 6.81. The molecule has 0 bridgehead atoms. The molecule has 0 aliphatic heterocycles. The molecular formula is C28H31N3O5S. The summed E-state index contributed by atoms with van der Waals surface area (Å²) in [6.07, 6.45) is 16.4. The predicted octanol–water partition coefficient (Wildman–Crippen LogP) is 5.26. The molecule has 2 heterocycles. The van der Waals surface area contributed by atoms with Crippen molar-refractivity contribution >= 4 is 15.7 Å². The van der Waals surface area contributed by atoms with Gasteiger partial charge in [0.15, 0.2) is 0 Å². The summed E-state index contributed by atoms with van der Waals surface area (Å²) in [5.74, 6) is 0.164. The Morgan fingerprint density at radius 1 is 1.27 bits per heavy atom. The zero-order valence-corrected chi connectivity index (χ0v) is 21.5. The Hall–Kier alpha value is -3.59. The van der Waals surface area contributed by atoms with E-state index in [4.69, 9.17) is 4.42 Å². The molecule has 0 saturated heterocycles. The molecule has 194 valence electrons. The Labute approximate surface area is 216 Å². The van der Waals surface area contributed by atoms with Gasteiger partial charge in [-0.05, 0) is 61.1 Å². The molecule has 8 nitrogen and oxygen atoms in total. The van der Waals surface area contributed by atoms with E-state index in [0.29, 0.717) is 17.9 Å². The number of H-pyrrole nitrogens is 1. The molecular weight excluding hydrogens is 490 g/mol. The number of nitrogens with one attached hydrogen (secondary N) is 2. The van der Waals surface area contributed by atoms with Gasteiger partial charge in [-0.3, -0.25) is 4.72 Å². The molecule has 0 amide bonds. The van der Waals surface area contributed by atoms with Gasteiger partial charge in [-0.15, -0.1) is 0 Å². The van der Waals surface area contributed by atoms with Crippen LogP contribution in [0, 0.1) is 11.3 Å². The molecule has 1 saturated carbocycles. The maximum Gasteiger partial charge on any atom is 0.343 e. The summed E-state index contributed by atoms with van der Waals surface area (Å²) < 4.78 is 33.5. The van der Waals surface area contributed by atoms with Crippen LogP contribution in [0.25, 0.3) is 0 Å². The predicted molar refractivity (Wildman–Crippen MR) is 141 cm³/mol. The van der Waals surface area contributed by atoms with Crippen LogP contribution in [0.15, 0.2) is 81.4 Å². The summed E-state index contributed by atoms with van der Waals surface area (Å²) in [6, 6.07) is 8.48. The molecule has 5 rings (SSSR count). The Balaban J connectivity index is 1.41. The first-order chi connectivity index (χ1) is 17.8. The smallest absolute Gasteiger partial charge is 0.343 e. The highest BCUT2D eigenvalue weighted by molar-refractivity contribution is 7.92. The van der Waals surface area contributed by atoms with Crippen molar-refractivity contribution < 1.29 is 17.9 Å². The number of anilines is 1. The van der Waals surface area contributed by atoms with E-state index < -0.39 is 21.6 Å². The molecule has 3 N–H and O–H groups in total. The highest BCUT2D eigenvalue weighted by Gasteiger charge is 2.38. The van der Waals surface area contributed by atoms with Crippen molar-refractivity contribution in [2.75, 3.05) is 4.72 Å². The van der Waals surface area contributed by atoms with E-state index in [0.717, 1.165) is 37.7 Å². The van der Waals surface area contributed by atoms with Gasteiger partial charge in [-0.25, -0.2) is 9.78 Å². The molecule has 0 spiro atoms. The van der Waals surface area contributed by atoms with E-state index in [2.05, 4.69) is 39.8 Å². The van der Waals surface area contributed by atoms with Crippen molar-refractivity contribution in [3.8, 4) is 5.75 Å². The topological polar surface area (TPSA) is 125 Å². The van der Waals surface area contributed by atoms with Crippen LogP contribution < -0.4 is 10.3 Å². The molecule has 9 heteroatoms. The van der Waals surface area contributed by atoms with Crippen molar-refractivity contribution in [2.45, 2.75) is 56.5 Å². The average Bonchev–Trinajstić information content (AvgIpc) is 3.55. The van der Waals surface area contributed by atoms with Crippen molar-refractivity contribution in [1.82, 2.24) is 9.97 Å². The average molecular weight is 522 g/mol. The lowest BCUT2D eigenvalue weighted by molar-refractivity contribution is 0.318. The first-order valence-corrected chi connectivity index (χ1v) is 14.1. The number of nitrogens with zero attached hydrogens (tertiary/aromatic N) is 1. The van der Waals surface area contributed by atoms with E-state index in [9.17, 15) is 18.3 Å². The van der Waals surface area contributed by atoms with Crippen molar-refractivity contribution in [3.05, 3.63) is 94.3 Å². The summed E-state index contributed by atoms with van der Waals surface area (Å²) in [4.78, 5) is 19.6. The van der Waals surface area contributed by atoms with Crippen LogP contribution in [0.4, 0.5) is 5.69 Å². The molecule has 2 aliphatic carbocycles. The van der Waals surface area contributed by atoms with Crippen molar-refractivity contribution in [2.24, 2.45) is 11.3 Å². The van der Waals surface area contributed by atoms with Crippen LogP contribution in [0.5, 0.6) is 5.75 Å². The Morgan fingerprint density at radius 3 is 2.76 bits per heavy atom. The highest BCUT2D eigenvalue weighted by Crippen LogP contribution is 2.48. The second kappa shape index (κ2) is 10.0. The number of rotatable bonds is 10. The van der Waals surface area contributed by atoms with Crippen LogP contribution in [0.1, 0.15) is 61.8 Å². The van der Waals surface area contributed by atoms with Crippen LogP contribution in [0.2, 0.25) is 0 Å². The molecule has 1 aromatic carbocycles. The second-order valence-electron chi connectivity index (χ2n) is 9.95. The normalized spacial score (nSPS) is 20.1. The molecule has 2 aliphatic rings. The highest BCUT2D eigenvalue weighted by atomic mass is 32.2. The first kappa shape index (κ1) is 25.1. The number of sulfonamides is 1. The Bertz CT molecular complexity index is 1490. The lowest BCUT2D eigenvalue weighted by Crippen LogP contribution is -2.20. The van der Waals surface area contributed by atoms with Gasteiger partial charge in [0, 0.05) is 36.5 Å².